The predicted octanol–water partition coefficient (Wildman–Crippen LogP) is 3.61. The molecule has 1 aliphatic heterocycles. The summed E-state index contributed by atoms with van der Waals surface area (Å²) >= 11 is 6.14. The second-order valence-corrected chi connectivity index (χ2v) is 6.48. The number of nitrogens with zero attached hydrogens (tertiary/aromatic N) is 2. The summed E-state index contributed by atoms with van der Waals surface area (Å²) in [4.78, 5) is 30.7. The SMILES string of the molecule is CCOC(=O)C[C@@H]1N=C(c2ccccc2F)c2cc(Cl)ccc2N(C)C1=O. The molecule has 1 amide bonds. The van der Waals surface area contributed by atoms with Gasteiger partial charge in [-0.1, -0.05) is 23.7 Å². The van der Waals surface area contributed by atoms with Crippen molar-refractivity contribution in [1.29, 1.82) is 0 Å². The molecule has 5 nitrogen and oxygen atoms in total. The van der Waals surface area contributed by atoms with E-state index in [-0.39, 0.29) is 30.2 Å². The van der Waals surface area contributed by atoms with Crippen LogP contribution in [-0.2, 0) is 14.3 Å². The van der Waals surface area contributed by atoms with Gasteiger partial charge in [0.15, 0.2) is 0 Å². The van der Waals surface area contributed by atoms with E-state index in [4.69, 9.17) is 16.3 Å². The fourth-order valence-electron chi connectivity index (χ4n) is 2.99. The van der Waals surface area contributed by atoms with E-state index in [1.807, 2.05) is 0 Å². The Bertz CT molecular complexity index is 929. The van der Waals surface area contributed by atoms with E-state index in [0.717, 1.165) is 0 Å². The quantitative estimate of drug-likeness (QED) is 0.752. The molecule has 0 unspecified atom stereocenters. The third-order valence-electron chi connectivity index (χ3n) is 4.27. The molecule has 1 aliphatic rings. The van der Waals surface area contributed by atoms with Crippen molar-refractivity contribution < 1.29 is 18.7 Å². The molecule has 0 fully saturated rings. The number of amides is 1. The third kappa shape index (κ3) is 3.85. The molecule has 1 atom stereocenters. The fraction of sp³-hybridized carbons (Fsp3) is 0.250. The zero-order valence-electron chi connectivity index (χ0n) is 14.9. The highest BCUT2D eigenvalue weighted by Gasteiger charge is 2.32. The van der Waals surface area contributed by atoms with Crippen molar-refractivity contribution >= 4 is 34.9 Å². The maximum Gasteiger partial charge on any atom is 0.308 e. The Labute approximate surface area is 161 Å². The molecule has 0 bridgehead atoms. The van der Waals surface area contributed by atoms with Crippen LogP contribution in [0.3, 0.4) is 0 Å². The number of benzodiazepines with no additional fused rings is 1. The van der Waals surface area contributed by atoms with E-state index in [1.165, 1.54) is 11.0 Å². The number of anilines is 1. The van der Waals surface area contributed by atoms with Gasteiger partial charge >= 0.3 is 5.97 Å². The number of rotatable bonds is 4. The first-order valence-electron chi connectivity index (χ1n) is 8.48. The maximum atomic E-state index is 14.5. The van der Waals surface area contributed by atoms with Gasteiger partial charge in [0.25, 0.3) is 5.91 Å². The van der Waals surface area contributed by atoms with Crippen LogP contribution in [0, 0.1) is 5.82 Å². The standard InChI is InChI=1S/C20H18ClFN2O3/c1-3-27-18(25)11-16-20(26)24(2)17-9-8-12(21)10-14(17)19(23-16)13-6-4-5-7-15(13)22/h4-10,16H,3,11H2,1-2H3/t16-/m0/s1. The van der Waals surface area contributed by atoms with Crippen LogP contribution in [0.1, 0.15) is 24.5 Å². The van der Waals surface area contributed by atoms with Gasteiger partial charge in [0.1, 0.15) is 11.9 Å². The first kappa shape index (κ1) is 19.0. The number of ether oxygens (including phenoxy) is 1. The Morgan fingerprint density at radius 3 is 2.70 bits per heavy atom. The molecule has 0 aromatic heterocycles. The number of esters is 1. The summed E-state index contributed by atoms with van der Waals surface area (Å²) in [7, 11) is 1.59. The van der Waals surface area contributed by atoms with Gasteiger partial charge < -0.3 is 9.64 Å². The normalized spacial score (nSPS) is 16.4. The first-order chi connectivity index (χ1) is 12.9. The molecule has 2 aromatic rings. The van der Waals surface area contributed by atoms with Gasteiger partial charge in [0.2, 0.25) is 0 Å². The van der Waals surface area contributed by atoms with Gasteiger partial charge in [-0.2, -0.15) is 0 Å². The fourth-order valence-corrected chi connectivity index (χ4v) is 3.16. The maximum absolute atomic E-state index is 14.5. The van der Waals surface area contributed by atoms with Crippen LogP contribution in [-0.4, -0.2) is 37.3 Å². The topological polar surface area (TPSA) is 59.0 Å². The number of halogens is 2. The Hall–Kier alpha value is -2.73. The zero-order valence-corrected chi connectivity index (χ0v) is 15.7. The number of hydrogen-bond acceptors (Lipinski definition) is 4. The van der Waals surface area contributed by atoms with Gasteiger partial charge in [0.05, 0.1) is 24.4 Å². The second-order valence-electron chi connectivity index (χ2n) is 6.04. The second kappa shape index (κ2) is 7.88. The van der Waals surface area contributed by atoms with Crippen LogP contribution in [0.4, 0.5) is 10.1 Å². The summed E-state index contributed by atoms with van der Waals surface area (Å²) in [6, 6.07) is 10.1. The smallest absolute Gasteiger partial charge is 0.308 e. The highest BCUT2D eigenvalue weighted by atomic mass is 35.5. The summed E-state index contributed by atoms with van der Waals surface area (Å²) in [5.41, 5.74) is 1.57. The number of benzene rings is 2. The minimum atomic E-state index is -1.02. The van der Waals surface area contributed by atoms with Crippen molar-refractivity contribution in [3.05, 3.63) is 64.4 Å². The van der Waals surface area contributed by atoms with Crippen LogP contribution >= 0.6 is 11.6 Å². The minimum absolute atomic E-state index is 0.204. The van der Waals surface area contributed by atoms with Gasteiger partial charge in [-0.15, -0.1) is 0 Å². The van der Waals surface area contributed by atoms with Crippen LogP contribution in [0.15, 0.2) is 47.5 Å². The molecule has 0 N–H and O–H groups in total. The van der Waals surface area contributed by atoms with E-state index >= 15 is 0 Å². The average molecular weight is 389 g/mol. The van der Waals surface area contributed by atoms with Crippen LogP contribution in [0.25, 0.3) is 0 Å². The first-order valence-corrected chi connectivity index (χ1v) is 8.86. The number of hydrogen-bond donors (Lipinski definition) is 0. The highest BCUT2D eigenvalue weighted by molar-refractivity contribution is 6.32. The lowest BCUT2D eigenvalue weighted by Crippen LogP contribution is -2.36. The summed E-state index contributed by atoms with van der Waals surface area (Å²) in [6.45, 7) is 1.89. The highest BCUT2D eigenvalue weighted by Crippen LogP contribution is 2.31. The van der Waals surface area contributed by atoms with Crippen LogP contribution in [0.5, 0.6) is 0 Å². The van der Waals surface area contributed by atoms with Crippen molar-refractivity contribution in [2.24, 2.45) is 4.99 Å². The van der Waals surface area contributed by atoms with Crippen molar-refractivity contribution in [2.75, 3.05) is 18.6 Å². The molecule has 1 heterocycles. The summed E-state index contributed by atoms with van der Waals surface area (Å²) in [5.74, 6) is -1.39. The predicted molar refractivity (Wildman–Crippen MR) is 102 cm³/mol. The lowest BCUT2D eigenvalue weighted by molar-refractivity contribution is -0.144. The monoisotopic (exact) mass is 388 g/mol. The molecule has 27 heavy (non-hydrogen) atoms. The van der Waals surface area contributed by atoms with Crippen molar-refractivity contribution in [3.8, 4) is 0 Å². The van der Waals surface area contributed by atoms with E-state index < -0.39 is 17.8 Å². The van der Waals surface area contributed by atoms with Crippen molar-refractivity contribution in [3.63, 3.8) is 0 Å². The number of carbonyl (C=O) groups excluding carboxylic acids is 2. The number of likely N-dealkylation sites (N-methyl/N-ethyl adjacent to an activating group) is 1. The lowest BCUT2D eigenvalue weighted by Gasteiger charge is -2.20. The Morgan fingerprint density at radius 1 is 1.26 bits per heavy atom. The van der Waals surface area contributed by atoms with Crippen molar-refractivity contribution in [1.82, 2.24) is 0 Å². The molecule has 140 valence electrons. The summed E-state index contributed by atoms with van der Waals surface area (Å²) in [5, 5.41) is 0.433. The molecule has 2 aromatic carbocycles. The summed E-state index contributed by atoms with van der Waals surface area (Å²) in [6.07, 6.45) is -0.226. The number of carbonyl (C=O) groups is 2. The number of aliphatic imine (C=N–C) groups is 1. The minimum Gasteiger partial charge on any atom is -0.466 e. The van der Waals surface area contributed by atoms with E-state index in [2.05, 4.69) is 4.99 Å². The van der Waals surface area contributed by atoms with Gasteiger partial charge in [-0.05, 0) is 37.3 Å². The molecule has 3 rings (SSSR count). The van der Waals surface area contributed by atoms with Gasteiger partial charge in [-0.3, -0.25) is 14.6 Å². The van der Waals surface area contributed by atoms with Gasteiger partial charge in [0, 0.05) is 23.2 Å². The lowest BCUT2D eigenvalue weighted by atomic mass is 10.00. The number of fused-ring (bicyclic) bond motifs is 1. The molecule has 0 saturated carbocycles. The van der Waals surface area contributed by atoms with Crippen LogP contribution in [0.2, 0.25) is 5.02 Å². The molecule has 0 saturated heterocycles. The van der Waals surface area contributed by atoms with E-state index in [1.54, 1.807) is 50.4 Å². The average Bonchev–Trinajstić information content (AvgIpc) is 2.73. The van der Waals surface area contributed by atoms with E-state index in [0.29, 0.717) is 16.3 Å². The molecular formula is C20H18ClFN2O3. The molecule has 0 spiro atoms. The zero-order chi connectivity index (χ0) is 19.6. The molecule has 0 radical (unpaired) electrons. The van der Waals surface area contributed by atoms with Crippen molar-refractivity contribution in [2.45, 2.75) is 19.4 Å². The van der Waals surface area contributed by atoms with Gasteiger partial charge in [-0.25, -0.2) is 4.39 Å². The largest absolute Gasteiger partial charge is 0.466 e. The van der Waals surface area contributed by atoms with Crippen LogP contribution < -0.4 is 4.90 Å². The van der Waals surface area contributed by atoms with E-state index in [9.17, 15) is 14.0 Å². The molecule has 0 aliphatic carbocycles. The Kier molecular flexibility index (Phi) is 5.56. The Morgan fingerprint density at radius 2 is 2.00 bits per heavy atom. The Balaban J connectivity index is 2.19. The molecule has 7 heteroatoms. The molecular weight excluding hydrogens is 371 g/mol. The summed E-state index contributed by atoms with van der Waals surface area (Å²) < 4.78 is 19.5. The third-order valence-corrected chi connectivity index (χ3v) is 4.51.